The Hall–Kier alpha value is -2.51. The van der Waals surface area contributed by atoms with Crippen molar-refractivity contribution in [3.05, 3.63) is 70.3 Å². The lowest BCUT2D eigenvalue weighted by molar-refractivity contribution is -0.116. The Balaban J connectivity index is 1.63. The molecule has 0 radical (unpaired) electrons. The summed E-state index contributed by atoms with van der Waals surface area (Å²) in [6.45, 7) is 0. The second kappa shape index (κ2) is 6.03. The third-order valence-corrected chi connectivity index (χ3v) is 6.10. The van der Waals surface area contributed by atoms with Crippen molar-refractivity contribution in [3.8, 4) is 5.13 Å². The van der Waals surface area contributed by atoms with E-state index in [0.717, 1.165) is 30.9 Å². The minimum Gasteiger partial charge on any atom is -0.310 e. The molecule has 0 saturated heterocycles. The van der Waals surface area contributed by atoms with Gasteiger partial charge >= 0.3 is 0 Å². The number of benzene rings is 2. The average Bonchev–Trinajstić information content (AvgIpc) is 3.25. The Morgan fingerprint density at radius 2 is 1.96 bits per heavy atom. The van der Waals surface area contributed by atoms with E-state index in [2.05, 4.69) is 31.3 Å². The zero-order chi connectivity index (χ0) is 17.7. The first-order chi connectivity index (χ1) is 12.7. The normalized spacial score (nSPS) is 16.5. The molecule has 26 heavy (non-hydrogen) atoms. The maximum atomic E-state index is 12.4. The molecule has 7 heteroatoms. The van der Waals surface area contributed by atoms with Crippen LogP contribution in [0, 0.1) is 0 Å². The first-order valence-corrected chi connectivity index (χ1v) is 9.79. The first-order valence-electron chi connectivity index (χ1n) is 8.18. The average molecular weight is 425 g/mol. The molecule has 2 aromatic heterocycles. The SMILES string of the molecule is O=C1C[C@H](c2ccc(Br)cc2)c2cnn(-c3nc4ccccc4s3)c2N1. The number of thiazole rings is 1. The van der Waals surface area contributed by atoms with E-state index in [-0.39, 0.29) is 11.8 Å². The van der Waals surface area contributed by atoms with E-state index in [9.17, 15) is 4.79 Å². The Morgan fingerprint density at radius 3 is 2.77 bits per heavy atom. The molecule has 0 saturated carbocycles. The van der Waals surface area contributed by atoms with Crippen molar-refractivity contribution in [1.29, 1.82) is 0 Å². The topological polar surface area (TPSA) is 59.8 Å². The monoisotopic (exact) mass is 424 g/mol. The Kier molecular flexibility index (Phi) is 3.65. The van der Waals surface area contributed by atoms with Crippen molar-refractivity contribution in [2.45, 2.75) is 12.3 Å². The van der Waals surface area contributed by atoms with Crippen LogP contribution in [0.2, 0.25) is 0 Å². The van der Waals surface area contributed by atoms with E-state index in [0.29, 0.717) is 12.2 Å². The molecule has 0 spiro atoms. The molecule has 128 valence electrons. The summed E-state index contributed by atoms with van der Waals surface area (Å²) in [6, 6.07) is 16.1. The van der Waals surface area contributed by atoms with Gasteiger partial charge in [0, 0.05) is 22.4 Å². The Morgan fingerprint density at radius 1 is 1.15 bits per heavy atom. The number of rotatable bonds is 2. The number of halogens is 1. The summed E-state index contributed by atoms with van der Waals surface area (Å²) in [7, 11) is 0. The van der Waals surface area contributed by atoms with Crippen molar-refractivity contribution >= 4 is 49.2 Å². The number of aromatic nitrogens is 3. The summed E-state index contributed by atoms with van der Waals surface area (Å²) >= 11 is 5.02. The molecule has 5 rings (SSSR count). The van der Waals surface area contributed by atoms with Crippen molar-refractivity contribution in [3.63, 3.8) is 0 Å². The Bertz CT molecular complexity index is 1100. The largest absolute Gasteiger partial charge is 0.310 e. The van der Waals surface area contributed by atoms with E-state index >= 15 is 0 Å². The van der Waals surface area contributed by atoms with Gasteiger partial charge in [0.2, 0.25) is 11.0 Å². The molecular formula is C19H13BrN4OS. The summed E-state index contributed by atoms with van der Waals surface area (Å²) in [6.07, 6.45) is 2.26. The number of hydrogen-bond acceptors (Lipinski definition) is 4. The zero-order valence-corrected chi connectivity index (χ0v) is 15.9. The van der Waals surface area contributed by atoms with Crippen LogP contribution in [0.3, 0.4) is 0 Å². The lowest BCUT2D eigenvalue weighted by Crippen LogP contribution is -2.24. The lowest BCUT2D eigenvalue weighted by Gasteiger charge is -2.23. The van der Waals surface area contributed by atoms with Gasteiger partial charge in [-0.1, -0.05) is 51.5 Å². The number of anilines is 1. The number of para-hydroxylation sites is 1. The molecule has 0 aliphatic carbocycles. The minimum absolute atomic E-state index is 0.00465. The molecular weight excluding hydrogens is 412 g/mol. The van der Waals surface area contributed by atoms with Crippen LogP contribution >= 0.6 is 27.3 Å². The first kappa shape index (κ1) is 15.7. The number of amides is 1. The third kappa shape index (κ3) is 2.55. The van der Waals surface area contributed by atoms with Crippen LogP contribution in [0.1, 0.15) is 23.5 Å². The van der Waals surface area contributed by atoms with Crippen molar-refractivity contribution in [1.82, 2.24) is 14.8 Å². The fraction of sp³-hybridized carbons (Fsp3) is 0.105. The third-order valence-electron chi connectivity index (χ3n) is 4.56. The molecule has 1 aliphatic rings. The van der Waals surface area contributed by atoms with Crippen molar-refractivity contribution in [2.24, 2.45) is 0 Å². The summed E-state index contributed by atoms with van der Waals surface area (Å²) in [5, 5.41) is 8.27. The van der Waals surface area contributed by atoms with Gasteiger partial charge in [-0.25, -0.2) is 4.98 Å². The fourth-order valence-electron chi connectivity index (χ4n) is 3.31. The fourth-order valence-corrected chi connectivity index (χ4v) is 4.50. The number of hydrogen-bond donors (Lipinski definition) is 1. The number of carbonyl (C=O) groups is 1. The van der Waals surface area contributed by atoms with E-state index in [1.807, 2.05) is 54.7 Å². The molecule has 5 nitrogen and oxygen atoms in total. The molecule has 0 unspecified atom stereocenters. The van der Waals surface area contributed by atoms with Gasteiger partial charge in [0.25, 0.3) is 0 Å². The number of fused-ring (bicyclic) bond motifs is 2. The highest BCUT2D eigenvalue weighted by atomic mass is 79.9. The lowest BCUT2D eigenvalue weighted by atomic mass is 9.87. The van der Waals surface area contributed by atoms with Gasteiger partial charge in [0.05, 0.1) is 16.4 Å². The van der Waals surface area contributed by atoms with Gasteiger partial charge in [-0.3, -0.25) is 4.79 Å². The molecule has 1 atom stereocenters. The maximum Gasteiger partial charge on any atom is 0.226 e. The van der Waals surface area contributed by atoms with Crippen LogP contribution < -0.4 is 5.32 Å². The molecule has 1 N–H and O–H groups in total. The summed E-state index contributed by atoms with van der Waals surface area (Å²) in [5.74, 6) is 0.705. The second-order valence-electron chi connectivity index (χ2n) is 6.18. The molecule has 3 heterocycles. The highest BCUT2D eigenvalue weighted by Gasteiger charge is 2.31. The molecule has 1 aliphatic heterocycles. The Labute approximate surface area is 161 Å². The van der Waals surface area contributed by atoms with Gasteiger partial charge in [0.1, 0.15) is 5.82 Å². The van der Waals surface area contributed by atoms with E-state index in [1.165, 1.54) is 0 Å². The smallest absolute Gasteiger partial charge is 0.226 e. The van der Waals surface area contributed by atoms with Crippen LogP contribution in [-0.2, 0) is 4.79 Å². The van der Waals surface area contributed by atoms with Gasteiger partial charge in [0.15, 0.2) is 0 Å². The van der Waals surface area contributed by atoms with Gasteiger partial charge in [-0.15, -0.1) is 0 Å². The standard InChI is InChI=1S/C19H13BrN4OS/c20-12-7-5-11(6-8-12)13-9-17(25)23-18-14(13)10-21-24(18)19-22-15-3-1-2-4-16(15)26-19/h1-8,10,13H,9H2,(H,23,25)/t13-/m1/s1. The molecule has 4 aromatic rings. The predicted octanol–water partition coefficient (Wildman–Crippen LogP) is 4.72. The molecule has 1 amide bonds. The van der Waals surface area contributed by atoms with Crippen molar-refractivity contribution in [2.75, 3.05) is 5.32 Å². The molecule has 0 fully saturated rings. The maximum absolute atomic E-state index is 12.4. The summed E-state index contributed by atoms with van der Waals surface area (Å²) in [4.78, 5) is 17.0. The predicted molar refractivity (Wildman–Crippen MR) is 106 cm³/mol. The van der Waals surface area contributed by atoms with E-state index in [4.69, 9.17) is 0 Å². The second-order valence-corrected chi connectivity index (χ2v) is 8.11. The number of carbonyl (C=O) groups excluding carboxylic acids is 1. The van der Waals surface area contributed by atoms with Gasteiger partial charge < -0.3 is 5.32 Å². The zero-order valence-electron chi connectivity index (χ0n) is 13.5. The van der Waals surface area contributed by atoms with E-state index < -0.39 is 0 Å². The molecule has 0 bridgehead atoms. The highest BCUT2D eigenvalue weighted by Crippen LogP contribution is 2.39. The number of nitrogens with zero attached hydrogens (tertiary/aromatic N) is 3. The van der Waals surface area contributed by atoms with Gasteiger partial charge in [-0.2, -0.15) is 9.78 Å². The van der Waals surface area contributed by atoms with Crippen LogP contribution in [0.5, 0.6) is 0 Å². The van der Waals surface area contributed by atoms with Crippen molar-refractivity contribution < 1.29 is 4.79 Å². The van der Waals surface area contributed by atoms with Crippen LogP contribution in [0.15, 0.2) is 59.2 Å². The number of nitrogens with one attached hydrogen (secondary N) is 1. The minimum atomic E-state index is -0.00622. The van der Waals surface area contributed by atoms with Crippen LogP contribution in [0.25, 0.3) is 15.3 Å². The molecule has 2 aromatic carbocycles. The van der Waals surface area contributed by atoms with Gasteiger partial charge in [-0.05, 0) is 29.8 Å². The quantitative estimate of drug-likeness (QED) is 0.506. The van der Waals surface area contributed by atoms with Crippen LogP contribution in [-0.4, -0.2) is 20.7 Å². The summed E-state index contributed by atoms with van der Waals surface area (Å²) in [5.41, 5.74) is 3.06. The van der Waals surface area contributed by atoms with Crippen LogP contribution in [0.4, 0.5) is 5.82 Å². The highest BCUT2D eigenvalue weighted by molar-refractivity contribution is 9.10. The van der Waals surface area contributed by atoms with E-state index in [1.54, 1.807) is 16.0 Å². The summed E-state index contributed by atoms with van der Waals surface area (Å²) < 4.78 is 3.85.